The topological polar surface area (TPSA) is 98.7 Å². The number of aromatic nitrogens is 3. The van der Waals surface area contributed by atoms with Crippen LogP contribution in [0.4, 0.5) is 0 Å². The zero-order valence-electron chi connectivity index (χ0n) is 13.8. The van der Waals surface area contributed by atoms with Crippen LogP contribution in [0.25, 0.3) is 5.65 Å². The average molecular weight is 342 g/mol. The summed E-state index contributed by atoms with van der Waals surface area (Å²) in [6, 6.07) is 7.02. The number of nitrogens with zero attached hydrogens (tertiary/aromatic N) is 3. The molecule has 3 rings (SSSR count). The number of hydrogen-bond donors (Lipinski definition) is 1. The maximum atomic E-state index is 11.8. The third-order valence-electron chi connectivity index (χ3n) is 3.57. The van der Waals surface area contributed by atoms with E-state index in [-0.39, 0.29) is 23.7 Å². The summed E-state index contributed by atoms with van der Waals surface area (Å²) in [6.45, 7) is 1.91. The van der Waals surface area contributed by atoms with Gasteiger partial charge in [-0.2, -0.15) is 0 Å². The van der Waals surface area contributed by atoms with E-state index in [1.807, 2.05) is 28.8 Å². The standard InChI is InChI=1S/C17H18N4O4/c1-12-9-13(22)14(10-24-12)25-11-17(23)18-7-4-6-16-20-19-15-5-2-3-8-21(15)16/h2-3,5,8-10H,4,6-7,11H2,1H3,(H,18,23). The molecule has 0 aliphatic rings. The molecule has 1 amide bonds. The molecule has 0 aliphatic heterocycles. The predicted molar refractivity (Wildman–Crippen MR) is 89.5 cm³/mol. The minimum Gasteiger partial charge on any atom is -0.477 e. The van der Waals surface area contributed by atoms with Gasteiger partial charge in [0.25, 0.3) is 5.91 Å². The van der Waals surface area contributed by atoms with Crippen molar-refractivity contribution < 1.29 is 13.9 Å². The Hall–Kier alpha value is -3.16. The van der Waals surface area contributed by atoms with Crippen LogP contribution in [0.15, 0.2) is 45.9 Å². The Balaban J connectivity index is 1.41. The summed E-state index contributed by atoms with van der Waals surface area (Å²) in [5, 5.41) is 11.0. The van der Waals surface area contributed by atoms with Gasteiger partial charge in [-0.05, 0) is 25.5 Å². The lowest BCUT2D eigenvalue weighted by molar-refractivity contribution is -0.123. The third kappa shape index (κ3) is 4.23. The second-order valence-electron chi connectivity index (χ2n) is 5.51. The number of carbonyl (C=O) groups excluding carboxylic acids is 1. The van der Waals surface area contributed by atoms with E-state index in [0.29, 0.717) is 25.1 Å². The minimum absolute atomic E-state index is 0.0238. The summed E-state index contributed by atoms with van der Waals surface area (Å²) in [6.07, 6.45) is 4.52. The quantitative estimate of drug-likeness (QED) is 0.646. The summed E-state index contributed by atoms with van der Waals surface area (Å²) < 4.78 is 12.2. The highest BCUT2D eigenvalue weighted by molar-refractivity contribution is 5.77. The fraction of sp³-hybridized carbons (Fsp3) is 0.294. The smallest absolute Gasteiger partial charge is 0.257 e. The maximum absolute atomic E-state index is 11.8. The van der Waals surface area contributed by atoms with Gasteiger partial charge in [-0.1, -0.05) is 6.07 Å². The van der Waals surface area contributed by atoms with Crippen LogP contribution in [0.2, 0.25) is 0 Å². The number of hydrogen-bond acceptors (Lipinski definition) is 6. The zero-order valence-corrected chi connectivity index (χ0v) is 13.8. The van der Waals surface area contributed by atoms with E-state index in [2.05, 4.69) is 15.5 Å². The van der Waals surface area contributed by atoms with Gasteiger partial charge >= 0.3 is 0 Å². The van der Waals surface area contributed by atoms with Gasteiger partial charge in [0.05, 0.1) is 0 Å². The summed E-state index contributed by atoms with van der Waals surface area (Å²) in [5.41, 5.74) is 0.488. The first-order valence-corrected chi connectivity index (χ1v) is 7.91. The summed E-state index contributed by atoms with van der Waals surface area (Å²) in [4.78, 5) is 23.4. The maximum Gasteiger partial charge on any atom is 0.257 e. The number of aryl methyl sites for hydroxylation is 2. The first-order valence-electron chi connectivity index (χ1n) is 7.91. The average Bonchev–Trinajstić information content (AvgIpc) is 3.01. The van der Waals surface area contributed by atoms with Crippen molar-refractivity contribution in [2.45, 2.75) is 19.8 Å². The van der Waals surface area contributed by atoms with E-state index in [0.717, 1.165) is 11.5 Å². The SMILES string of the molecule is Cc1cc(=O)c(OCC(=O)NCCCc2nnc3ccccn23)co1. The van der Waals surface area contributed by atoms with Crippen LogP contribution < -0.4 is 15.5 Å². The van der Waals surface area contributed by atoms with Crippen LogP contribution >= 0.6 is 0 Å². The van der Waals surface area contributed by atoms with Crippen molar-refractivity contribution in [2.24, 2.45) is 0 Å². The lowest BCUT2D eigenvalue weighted by atomic mass is 10.3. The molecule has 0 fully saturated rings. The largest absolute Gasteiger partial charge is 0.477 e. The lowest BCUT2D eigenvalue weighted by Crippen LogP contribution is -2.30. The van der Waals surface area contributed by atoms with E-state index in [4.69, 9.17) is 9.15 Å². The Kier molecular flexibility index (Phi) is 5.08. The van der Waals surface area contributed by atoms with Crippen molar-refractivity contribution >= 4 is 11.6 Å². The molecule has 0 spiro atoms. The molecule has 0 radical (unpaired) electrons. The number of amides is 1. The molecule has 1 N–H and O–H groups in total. The number of pyridine rings is 1. The van der Waals surface area contributed by atoms with Crippen molar-refractivity contribution in [1.29, 1.82) is 0 Å². The molecular formula is C17H18N4O4. The second kappa shape index (κ2) is 7.61. The molecule has 3 heterocycles. The fourth-order valence-electron chi connectivity index (χ4n) is 2.33. The van der Waals surface area contributed by atoms with Gasteiger partial charge in [-0.25, -0.2) is 0 Å². The van der Waals surface area contributed by atoms with Crippen LogP contribution in [0.1, 0.15) is 18.0 Å². The van der Waals surface area contributed by atoms with Crippen LogP contribution in [-0.2, 0) is 11.2 Å². The third-order valence-corrected chi connectivity index (χ3v) is 3.57. The van der Waals surface area contributed by atoms with E-state index < -0.39 is 0 Å². The van der Waals surface area contributed by atoms with Crippen LogP contribution in [0, 0.1) is 6.92 Å². The van der Waals surface area contributed by atoms with Gasteiger partial charge < -0.3 is 14.5 Å². The second-order valence-corrected chi connectivity index (χ2v) is 5.51. The Morgan fingerprint density at radius 1 is 1.36 bits per heavy atom. The number of fused-ring (bicyclic) bond motifs is 1. The van der Waals surface area contributed by atoms with Crippen molar-refractivity contribution in [3.8, 4) is 5.75 Å². The Morgan fingerprint density at radius 2 is 2.24 bits per heavy atom. The molecule has 130 valence electrons. The molecular weight excluding hydrogens is 324 g/mol. The monoisotopic (exact) mass is 342 g/mol. The Bertz CT molecular complexity index is 932. The van der Waals surface area contributed by atoms with Gasteiger partial charge in [-0.3, -0.25) is 14.0 Å². The number of ether oxygens (including phenoxy) is 1. The molecule has 0 saturated heterocycles. The van der Waals surface area contributed by atoms with Crippen molar-refractivity contribution in [2.75, 3.05) is 13.2 Å². The number of carbonyl (C=O) groups is 1. The number of rotatable bonds is 7. The van der Waals surface area contributed by atoms with Gasteiger partial charge in [0.2, 0.25) is 11.2 Å². The van der Waals surface area contributed by atoms with Crippen LogP contribution in [0.5, 0.6) is 5.75 Å². The minimum atomic E-state index is -0.310. The molecule has 3 aromatic rings. The summed E-state index contributed by atoms with van der Waals surface area (Å²) in [5.74, 6) is 1.06. The predicted octanol–water partition coefficient (Wildman–Crippen LogP) is 1.12. The van der Waals surface area contributed by atoms with Crippen molar-refractivity contribution in [3.05, 3.63) is 58.5 Å². The highest BCUT2D eigenvalue weighted by atomic mass is 16.5. The zero-order chi connectivity index (χ0) is 17.6. The molecule has 0 aliphatic carbocycles. The van der Waals surface area contributed by atoms with Crippen molar-refractivity contribution in [3.63, 3.8) is 0 Å². The van der Waals surface area contributed by atoms with E-state index in [1.54, 1.807) is 6.92 Å². The molecule has 3 aromatic heterocycles. The highest BCUT2D eigenvalue weighted by Gasteiger charge is 2.07. The van der Waals surface area contributed by atoms with E-state index >= 15 is 0 Å². The van der Waals surface area contributed by atoms with Crippen molar-refractivity contribution in [1.82, 2.24) is 19.9 Å². The first-order chi connectivity index (χ1) is 12.1. The molecule has 0 saturated carbocycles. The number of nitrogens with one attached hydrogen (secondary N) is 1. The van der Waals surface area contributed by atoms with Gasteiger partial charge in [0, 0.05) is 25.2 Å². The summed E-state index contributed by atoms with van der Waals surface area (Å²) in [7, 11) is 0. The molecule has 0 aromatic carbocycles. The molecule has 0 atom stereocenters. The Morgan fingerprint density at radius 3 is 3.08 bits per heavy atom. The summed E-state index contributed by atoms with van der Waals surface area (Å²) >= 11 is 0. The highest BCUT2D eigenvalue weighted by Crippen LogP contribution is 2.05. The van der Waals surface area contributed by atoms with Crippen LogP contribution in [-0.4, -0.2) is 33.7 Å². The molecule has 8 nitrogen and oxygen atoms in total. The normalized spacial score (nSPS) is 10.8. The van der Waals surface area contributed by atoms with E-state index in [9.17, 15) is 9.59 Å². The molecule has 25 heavy (non-hydrogen) atoms. The fourth-order valence-corrected chi connectivity index (χ4v) is 2.33. The molecule has 8 heteroatoms. The molecule has 0 bridgehead atoms. The van der Waals surface area contributed by atoms with Gasteiger partial charge in [0.1, 0.15) is 17.8 Å². The van der Waals surface area contributed by atoms with Crippen LogP contribution in [0.3, 0.4) is 0 Å². The lowest BCUT2D eigenvalue weighted by Gasteiger charge is -2.06. The van der Waals surface area contributed by atoms with Gasteiger partial charge in [-0.15, -0.1) is 10.2 Å². The van der Waals surface area contributed by atoms with E-state index in [1.165, 1.54) is 12.3 Å². The molecule has 0 unspecified atom stereocenters. The Labute approximate surface area is 143 Å². The van der Waals surface area contributed by atoms with Gasteiger partial charge in [0.15, 0.2) is 12.3 Å². The first kappa shape index (κ1) is 16.7.